The summed E-state index contributed by atoms with van der Waals surface area (Å²) in [5, 5.41) is 2.85. The third-order valence-electron chi connectivity index (χ3n) is 9.41. The highest BCUT2D eigenvalue weighted by molar-refractivity contribution is 6.09. The number of nitrogens with zero attached hydrogens (tertiary/aromatic N) is 6. The minimum Gasteiger partial charge on any atom is -0.495 e. The van der Waals surface area contributed by atoms with Gasteiger partial charge in [-0.05, 0) is 31.0 Å². The second kappa shape index (κ2) is 18.5. The Morgan fingerprint density at radius 3 is 2.21 bits per heavy atom. The van der Waals surface area contributed by atoms with E-state index in [0.717, 1.165) is 29.7 Å². The van der Waals surface area contributed by atoms with Crippen molar-refractivity contribution >= 4 is 34.7 Å². The molecule has 2 unspecified atom stereocenters. The molecule has 0 saturated carbocycles. The minimum atomic E-state index is -1.64. The number of imide groups is 1. The van der Waals surface area contributed by atoms with Gasteiger partial charge in [0.25, 0.3) is 17.4 Å². The van der Waals surface area contributed by atoms with Gasteiger partial charge in [0, 0.05) is 20.2 Å². The molecule has 278 valence electrons. The van der Waals surface area contributed by atoms with Gasteiger partial charge in [-0.25, -0.2) is 19.7 Å². The maximum atomic E-state index is 14.6. The number of hydrogen-bond donors (Lipinski definition) is 1. The van der Waals surface area contributed by atoms with Gasteiger partial charge < -0.3 is 19.4 Å². The van der Waals surface area contributed by atoms with E-state index in [4.69, 9.17) is 14.5 Å². The van der Waals surface area contributed by atoms with Crippen molar-refractivity contribution in [3.63, 3.8) is 0 Å². The topological polar surface area (TPSA) is 141 Å². The third-order valence-corrected chi connectivity index (χ3v) is 9.41. The van der Waals surface area contributed by atoms with Crippen LogP contribution in [0, 0.1) is 0 Å². The first-order chi connectivity index (χ1) is 25.3. The molecule has 0 spiro atoms. The van der Waals surface area contributed by atoms with Crippen LogP contribution in [0.4, 0.5) is 10.5 Å². The summed E-state index contributed by atoms with van der Waals surface area (Å²) in [5.41, 5.74) is 1.02. The standard InChI is InChI=1S/C39H51N7O6/c1-5-7-8-9-10-11-12-13-14-20-25-44-34(42-33-31(36(44)48)40-27-43(33)3)32(35(47)41-29-23-18-19-24-30(29)51-4)46-37(49)38(52-6-2)45(39(46)50)26-28-21-16-15-17-22-28/h15-19,21-24,27,32,38H,5-14,20,25-26H2,1-4H3,(H,41,47). The number of aromatic nitrogens is 4. The zero-order valence-corrected chi connectivity index (χ0v) is 30.8. The summed E-state index contributed by atoms with van der Waals surface area (Å²) in [5.74, 6) is -1.13. The van der Waals surface area contributed by atoms with Gasteiger partial charge in [0.05, 0.1) is 25.7 Å². The van der Waals surface area contributed by atoms with Crippen LogP contribution in [-0.2, 0) is 34.5 Å². The van der Waals surface area contributed by atoms with Gasteiger partial charge in [-0.2, -0.15) is 0 Å². The number of carbonyl (C=O) groups is 3. The van der Waals surface area contributed by atoms with Gasteiger partial charge in [0.15, 0.2) is 17.2 Å². The molecule has 3 heterocycles. The van der Waals surface area contributed by atoms with Gasteiger partial charge in [-0.3, -0.25) is 23.9 Å². The molecule has 1 fully saturated rings. The number of rotatable bonds is 20. The van der Waals surface area contributed by atoms with Crippen molar-refractivity contribution in [1.29, 1.82) is 0 Å². The molecule has 52 heavy (non-hydrogen) atoms. The number of amides is 4. The van der Waals surface area contributed by atoms with E-state index in [1.807, 2.05) is 30.3 Å². The number of benzene rings is 2. The van der Waals surface area contributed by atoms with Crippen molar-refractivity contribution in [2.24, 2.45) is 7.05 Å². The number of methoxy groups -OCH3 is 1. The molecule has 0 aliphatic carbocycles. The Morgan fingerprint density at radius 2 is 1.54 bits per heavy atom. The fourth-order valence-electron chi connectivity index (χ4n) is 6.66. The second-order valence-corrected chi connectivity index (χ2v) is 13.1. The van der Waals surface area contributed by atoms with Crippen LogP contribution in [0.1, 0.15) is 95.5 Å². The first-order valence-electron chi connectivity index (χ1n) is 18.4. The first-order valence-corrected chi connectivity index (χ1v) is 18.4. The van der Waals surface area contributed by atoms with Crippen LogP contribution in [0.2, 0.25) is 0 Å². The lowest BCUT2D eigenvalue weighted by Gasteiger charge is -2.27. The Morgan fingerprint density at radius 1 is 0.885 bits per heavy atom. The maximum absolute atomic E-state index is 14.6. The summed E-state index contributed by atoms with van der Waals surface area (Å²) in [6, 6.07) is 13.7. The number of carbonyl (C=O) groups excluding carboxylic acids is 3. The number of nitrogens with one attached hydrogen (secondary N) is 1. The SMILES string of the molecule is CCCCCCCCCCCCn1c(C(C(=O)Nc2ccccc2OC)N2C(=O)C(OCC)N(Cc3ccccc3)C2=O)nc2c(ncn2C)c1=O. The van der Waals surface area contributed by atoms with E-state index in [-0.39, 0.29) is 36.7 Å². The monoisotopic (exact) mass is 713 g/mol. The number of urea groups is 1. The Balaban J connectivity index is 1.53. The summed E-state index contributed by atoms with van der Waals surface area (Å²) in [7, 11) is 3.17. The molecule has 2 aromatic heterocycles. The highest BCUT2D eigenvalue weighted by Gasteiger charge is 2.52. The second-order valence-electron chi connectivity index (χ2n) is 13.1. The molecule has 1 N–H and O–H groups in total. The highest BCUT2D eigenvalue weighted by Crippen LogP contribution is 2.33. The Kier molecular flexibility index (Phi) is 13.6. The van der Waals surface area contributed by atoms with Crippen LogP contribution in [0.25, 0.3) is 11.2 Å². The smallest absolute Gasteiger partial charge is 0.330 e. The molecule has 2 aromatic carbocycles. The predicted molar refractivity (Wildman–Crippen MR) is 199 cm³/mol. The zero-order chi connectivity index (χ0) is 37.0. The number of anilines is 1. The summed E-state index contributed by atoms with van der Waals surface area (Å²) in [4.78, 5) is 68.8. The van der Waals surface area contributed by atoms with Crippen LogP contribution in [0.5, 0.6) is 5.75 Å². The summed E-state index contributed by atoms with van der Waals surface area (Å²) in [6.45, 7) is 4.37. The fraction of sp³-hybridized carbons (Fsp3) is 0.487. The van der Waals surface area contributed by atoms with Gasteiger partial charge in [-0.1, -0.05) is 107 Å². The van der Waals surface area contributed by atoms with E-state index < -0.39 is 35.7 Å². The van der Waals surface area contributed by atoms with Crippen molar-refractivity contribution in [1.82, 2.24) is 28.9 Å². The zero-order valence-electron chi connectivity index (χ0n) is 30.8. The van der Waals surface area contributed by atoms with Crippen molar-refractivity contribution in [3.05, 3.63) is 82.7 Å². The highest BCUT2D eigenvalue weighted by atomic mass is 16.5. The van der Waals surface area contributed by atoms with Crippen LogP contribution < -0.4 is 15.6 Å². The quantitative estimate of drug-likeness (QED) is 0.0802. The normalized spacial score (nSPS) is 15.1. The van der Waals surface area contributed by atoms with E-state index in [0.29, 0.717) is 17.9 Å². The molecule has 4 aromatic rings. The van der Waals surface area contributed by atoms with Crippen LogP contribution in [0.15, 0.2) is 65.7 Å². The fourth-order valence-corrected chi connectivity index (χ4v) is 6.66. The molecular weight excluding hydrogens is 662 g/mol. The molecule has 4 amide bonds. The Labute approximate surface area is 304 Å². The lowest BCUT2D eigenvalue weighted by Crippen LogP contribution is -2.45. The van der Waals surface area contributed by atoms with Gasteiger partial charge >= 0.3 is 6.03 Å². The summed E-state index contributed by atoms with van der Waals surface area (Å²) in [6.07, 6.45) is 11.2. The van der Waals surface area contributed by atoms with Crippen molar-refractivity contribution in [2.75, 3.05) is 19.0 Å². The summed E-state index contributed by atoms with van der Waals surface area (Å²) >= 11 is 0. The molecule has 0 radical (unpaired) electrons. The van der Waals surface area contributed by atoms with Crippen LogP contribution in [-0.4, -0.2) is 66.7 Å². The number of hydrogen-bond acceptors (Lipinski definition) is 8. The molecular formula is C39H51N7O6. The van der Waals surface area contributed by atoms with Gasteiger partial charge in [0.2, 0.25) is 6.23 Å². The first kappa shape index (κ1) is 38.2. The lowest BCUT2D eigenvalue weighted by molar-refractivity contribution is -0.145. The van der Waals surface area contributed by atoms with E-state index >= 15 is 0 Å². The molecule has 5 rings (SSSR count). The lowest BCUT2D eigenvalue weighted by atomic mass is 10.1. The Bertz CT molecular complexity index is 1870. The number of para-hydroxylation sites is 2. The van der Waals surface area contributed by atoms with E-state index in [2.05, 4.69) is 17.2 Å². The van der Waals surface area contributed by atoms with E-state index in [1.54, 1.807) is 42.8 Å². The maximum Gasteiger partial charge on any atom is 0.330 e. The minimum absolute atomic E-state index is 0.0390. The average molecular weight is 714 g/mol. The number of ether oxygens (including phenoxy) is 2. The van der Waals surface area contributed by atoms with Crippen molar-refractivity contribution < 1.29 is 23.9 Å². The molecule has 1 saturated heterocycles. The largest absolute Gasteiger partial charge is 0.495 e. The molecule has 13 nitrogen and oxygen atoms in total. The molecule has 13 heteroatoms. The molecule has 0 bridgehead atoms. The van der Waals surface area contributed by atoms with Crippen LogP contribution >= 0.6 is 0 Å². The Hall–Kier alpha value is -5.04. The molecule has 1 aliphatic heterocycles. The van der Waals surface area contributed by atoms with Gasteiger partial charge in [0.1, 0.15) is 11.6 Å². The average Bonchev–Trinajstić information content (AvgIpc) is 3.63. The third kappa shape index (κ3) is 8.70. The van der Waals surface area contributed by atoms with E-state index in [9.17, 15) is 19.2 Å². The predicted octanol–water partition coefficient (Wildman–Crippen LogP) is 6.57. The van der Waals surface area contributed by atoms with Gasteiger partial charge in [-0.15, -0.1) is 0 Å². The molecule has 2 atom stereocenters. The van der Waals surface area contributed by atoms with E-state index in [1.165, 1.54) is 61.4 Å². The van der Waals surface area contributed by atoms with Crippen molar-refractivity contribution in [3.8, 4) is 5.75 Å². The van der Waals surface area contributed by atoms with Crippen molar-refractivity contribution in [2.45, 2.75) is 103 Å². The van der Waals surface area contributed by atoms with Crippen LogP contribution in [0.3, 0.4) is 0 Å². The number of aryl methyl sites for hydroxylation is 1. The number of imidazole rings is 1. The number of fused-ring (bicyclic) bond motifs is 1. The molecule has 1 aliphatic rings. The summed E-state index contributed by atoms with van der Waals surface area (Å²) < 4.78 is 14.3. The number of unbranched alkanes of at least 4 members (excludes halogenated alkanes) is 9.